The molecule has 0 bridgehead atoms. The van der Waals surface area contributed by atoms with E-state index in [1.54, 1.807) is 7.05 Å². The Morgan fingerprint density at radius 2 is 1.65 bits per heavy atom. The highest BCUT2D eigenvalue weighted by molar-refractivity contribution is 9.11. The van der Waals surface area contributed by atoms with Crippen LogP contribution in [0, 0.1) is 0 Å². The predicted octanol–water partition coefficient (Wildman–Crippen LogP) is 6.21. The van der Waals surface area contributed by atoms with E-state index in [0.29, 0.717) is 19.2 Å². The molecule has 2 atom stereocenters. The summed E-state index contributed by atoms with van der Waals surface area (Å²) in [7, 11) is 5.85. The minimum atomic E-state index is -1.19. The summed E-state index contributed by atoms with van der Waals surface area (Å²) in [6, 6.07) is 16.5. The van der Waals surface area contributed by atoms with Crippen LogP contribution in [0.3, 0.4) is 0 Å². The van der Waals surface area contributed by atoms with Crippen molar-refractivity contribution in [2.45, 2.75) is 19.6 Å². The maximum Gasteiger partial charge on any atom is 0.127 e. The predicted molar refractivity (Wildman–Crippen MR) is 160 cm³/mol. The molecule has 1 N–H and O–H groups in total. The third-order valence-corrected chi connectivity index (χ3v) is 8.81. The zero-order chi connectivity index (χ0) is 24.6. The van der Waals surface area contributed by atoms with Crippen LogP contribution < -0.4 is 15.1 Å². The minimum Gasteiger partial charge on any atom is -0.484 e. The summed E-state index contributed by atoms with van der Waals surface area (Å²) < 4.78 is 13.2. The molecule has 0 spiro atoms. The van der Waals surface area contributed by atoms with Crippen molar-refractivity contribution in [3.8, 4) is 5.75 Å². The van der Waals surface area contributed by atoms with Crippen molar-refractivity contribution in [1.29, 1.82) is 0 Å². The van der Waals surface area contributed by atoms with Gasteiger partial charge in [0.15, 0.2) is 0 Å². The summed E-state index contributed by atoms with van der Waals surface area (Å²) in [6.45, 7) is 1.18. The molecule has 1 aliphatic carbocycles. The van der Waals surface area contributed by atoms with Gasteiger partial charge in [-0.25, -0.2) is 0 Å². The van der Waals surface area contributed by atoms with E-state index in [4.69, 9.17) is 9.47 Å². The normalized spacial score (nSPS) is 15.1. The van der Waals surface area contributed by atoms with Gasteiger partial charge < -0.3 is 14.6 Å². The largest absolute Gasteiger partial charge is 0.484 e. The Morgan fingerprint density at radius 1 is 1.03 bits per heavy atom. The molecule has 0 amide bonds. The molecule has 2 aromatic carbocycles. The molecular weight excluding hydrogens is 546 g/mol. The lowest BCUT2D eigenvalue weighted by molar-refractivity contribution is 0.107. The Morgan fingerprint density at radius 3 is 2.24 bits per heavy atom. The Bertz CT molecular complexity index is 1090. The zero-order valence-corrected chi connectivity index (χ0v) is 24.6. The number of amidine groups is 1. The number of halogens is 1. The summed E-state index contributed by atoms with van der Waals surface area (Å²) in [6.07, 6.45) is 11.9. The molecule has 0 aromatic heterocycles. The average Bonchev–Trinajstić information content (AvgIpc) is 3.03. The number of rotatable bonds is 9. The van der Waals surface area contributed by atoms with Crippen LogP contribution in [0.25, 0.3) is 0 Å². The van der Waals surface area contributed by atoms with Gasteiger partial charge in [0.25, 0.3) is 0 Å². The van der Waals surface area contributed by atoms with Gasteiger partial charge in [-0.3, -0.25) is 4.99 Å². The van der Waals surface area contributed by atoms with Crippen LogP contribution in [0.2, 0.25) is 0 Å². The summed E-state index contributed by atoms with van der Waals surface area (Å²) in [4.78, 5) is 5.65. The maximum absolute atomic E-state index is 6.22. The molecule has 0 heterocycles. The van der Waals surface area contributed by atoms with Crippen LogP contribution in [-0.4, -0.2) is 31.3 Å². The number of aliphatic imine (C=N–C) groups is 1. The first-order valence-corrected chi connectivity index (χ1v) is 15.4. The number of hydrogen-bond donors (Lipinski definition) is 1. The van der Waals surface area contributed by atoms with Gasteiger partial charge in [-0.1, -0.05) is 58.4 Å². The average molecular weight is 579 g/mol. The second kappa shape index (κ2) is 13.0. The van der Waals surface area contributed by atoms with E-state index in [0.717, 1.165) is 33.6 Å². The molecule has 0 saturated carbocycles. The van der Waals surface area contributed by atoms with Gasteiger partial charge >= 0.3 is 0 Å². The van der Waals surface area contributed by atoms with Crippen molar-refractivity contribution in [2.24, 2.45) is 4.99 Å². The second-order valence-corrected chi connectivity index (χ2v) is 14.2. The zero-order valence-electron chi connectivity index (χ0n) is 19.9. The van der Waals surface area contributed by atoms with Crippen LogP contribution in [0.1, 0.15) is 17.5 Å². The number of nitrogens with zero attached hydrogens (tertiary/aromatic N) is 1. The molecule has 182 valence electrons. The molecule has 8 heteroatoms. The highest BCUT2D eigenvalue weighted by atomic mass is 79.9. The van der Waals surface area contributed by atoms with E-state index < -0.39 is 10.0 Å². The number of hydrogen-bond acceptors (Lipinski definition) is 3. The lowest BCUT2D eigenvalue weighted by atomic mass is 10.1. The third kappa shape index (κ3) is 8.07. The minimum absolute atomic E-state index is 0.576. The highest BCUT2D eigenvalue weighted by Crippen LogP contribution is 2.50. The van der Waals surface area contributed by atoms with Gasteiger partial charge in [0.05, 0.1) is 13.2 Å². The summed E-state index contributed by atoms with van der Waals surface area (Å²) in [5, 5.41) is 4.30. The van der Waals surface area contributed by atoms with E-state index in [-0.39, 0.29) is 0 Å². The highest BCUT2D eigenvalue weighted by Gasteiger charge is 2.20. The number of allylic oxidation sites excluding steroid dienone is 4. The van der Waals surface area contributed by atoms with E-state index >= 15 is 0 Å². The molecule has 0 saturated heterocycles. The molecule has 4 nitrogen and oxygen atoms in total. The lowest BCUT2D eigenvalue weighted by Gasteiger charge is -2.32. The van der Waals surface area contributed by atoms with Gasteiger partial charge in [0, 0.05) is 19.0 Å². The molecule has 0 radical (unpaired) electrons. The van der Waals surface area contributed by atoms with Gasteiger partial charge in [-0.15, -0.1) is 9.24 Å². The molecule has 0 aliphatic heterocycles. The van der Waals surface area contributed by atoms with Crippen LogP contribution >= 0.6 is 44.6 Å². The molecule has 3 rings (SSSR count). The van der Waals surface area contributed by atoms with E-state index in [2.05, 4.69) is 112 Å². The Hall–Kier alpha value is -1.42. The standard InChI is InChI=1S/C26H33BrN2O2P2S/c1-28-26(29-33)21-14-22(27)8-13-25(15-21)34(2,3)18-31-23-9-4-19(5-10-23)16-30-17-20-6-11-24(32)12-7-20/h4-13,15H,14,16-18,32-33H2,1-3H3,(H,28,29). The Kier molecular flexibility index (Phi) is 10.4. The Labute approximate surface area is 218 Å². The number of ether oxygens (including phenoxy) is 2. The van der Waals surface area contributed by atoms with Crippen molar-refractivity contribution in [3.05, 3.63) is 92.8 Å². The van der Waals surface area contributed by atoms with Gasteiger partial charge in [-0.2, -0.15) is 10.0 Å². The van der Waals surface area contributed by atoms with Gasteiger partial charge in [0.2, 0.25) is 0 Å². The van der Waals surface area contributed by atoms with Crippen LogP contribution in [0.15, 0.2) is 86.7 Å². The summed E-state index contributed by atoms with van der Waals surface area (Å²) >= 11 is 3.67. The summed E-state index contributed by atoms with van der Waals surface area (Å²) in [5.74, 6) is 2.39. The first kappa shape index (κ1) is 27.2. The van der Waals surface area contributed by atoms with Crippen LogP contribution in [0.5, 0.6) is 5.75 Å². The first-order valence-electron chi connectivity index (χ1n) is 10.9. The van der Waals surface area contributed by atoms with Crippen molar-refractivity contribution in [3.63, 3.8) is 0 Å². The fourth-order valence-electron chi connectivity index (χ4n) is 3.35. The van der Waals surface area contributed by atoms with Crippen molar-refractivity contribution < 1.29 is 9.47 Å². The molecule has 34 heavy (non-hydrogen) atoms. The van der Waals surface area contributed by atoms with E-state index in [9.17, 15) is 0 Å². The number of benzene rings is 2. The number of nitrogens with one attached hydrogen (secondary N) is 1. The fourth-order valence-corrected chi connectivity index (χ4v) is 5.75. The summed E-state index contributed by atoms with van der Waals surface area (Å²) in [5.41, 5.74) is 3.46. The van der Waals surface area contributed by atoms with E-state index in [1.165, 1.54) is 15.8 Å². The fraction of sp³-hybridized carbons (Fsp3) is 0.269. The molecule has 0 fully saturated rings. The van der Waals surface area contributed by atoms with Gasteiger partial charge in [-0.05, 0) is 72.0 Å². The van der Waals surface area contributed by atoms with Crippen molar-refractivity contribution >= 4 is 55.7 Å². The molecule has 2 aromatic rings. The van der Waals surface area contributed by atoms with Crippen molar-refractivity contribution in [2.75, 3.05) is 25.5 Å². The topological polar surface area (TPSA) is 42.9 Å². The molecule has 2 unspecified atom stereocenters. The lowest BCUT2D eigenvalue weighted by Crippen LogP contribution is -2.16. The van der Waals surface area contributed by atoms with Gasteiger partial charge in [0.1, 0.15) is 17.5 Å². The smallest absolute Gasteiger partial charge is 0.127 e. The maximum atomic E-state index is 6.22. The molecular formula is C26H33BrN2O2P2S. The third-order valence-electron chi connectivity index (χ3n) is 5.37. The SMILES string of the molecule is CN=C(NP)C1=CC(S(C)(C)COc2ccc(COCc3ccc(P)cc3)cc2)=CC=C(Br)C1. The quantitative estimate of drug-likeness (QED) is 0.219. The van der Waals surface area contributed by atoms with Crippen molar-refractivity contribution in [1.82, 2.24) is 5.09 Å². The van der Waals surface area contributed by atoms with E-state index in [1.807, 2.05) is 12.1 Å². The van der Waals surface area contributed by atoms with Crippen LogP contribution in [0.4, 0.5) is 0 Å². The second-order valence-electron chi connectivity index (χ2n) is 8.42. The molecule has 1 aliphatic rings. The Balaban J connectivity index is 1.58. The van der Waals surface area contributed by atoms with Crippen LogP contribution in [-0.2, 0) is 18.0 Å². The monoisotopic (exact) mass is 578 g/mol. The first-order chi connectivity index (χ1) is 16.3.